The lowest BCUT2D eigenvalue weighted by molar-refractivity contribution is 0.0939. The number of hydrogen-bond donors (Lipinski definition) is 2. The summed E-state index contributed by atoms with van der Waals surface area (Å²) in [5, 5.41) is 7.58. The highest BCUT2D eigenvalue weighted by Gasteiger charge is 2.30. The monoisotopic (exact) mass is 281 g/mol. The van der Waals surface area contributed by atoms with Gasteiger partial charge in [0.1, 0.15) is 0 Å². The maximum absolute atomic E-state index is 7.58. The van der Waals surface area contributed by atoms with E-state index in [0.717, 1.165) is 6.42 Å². The molecular formula is C17H35N3. The summed E-state index contributed by atoms with van der Waals surface area (Å²) < 4.78 is 0. The smallest absolute Gasteiger partial charge is 0.0963 e. The highest BCUT2D eigenvalue weighted by molar-refractivity contribution is 5.82. The summed E-state index contributed by atoms with van der Waals surface area (Å²) in [6.07, 6.45) is 8.87. The van der Waals surface area contributed by atoms with Gasteiger partial charge in [0.05, 0.1) is 5.84 Å². The number of nitrogens with one attached hydrogen (secondary N) is 1. The molecule has 1 aliphatic heterocycles. The van der Waals surface area contributed by atoms with Crippen molar-refractivity contribution < 1.29 is 0 Å². The molecular weight excluding hydrogens is 246 g/mol. The molecule has 3 nitrogen and oxygen atoms in total. The van der Waals surface area contributed by atoms with Gasteiger partial charge in [-0.25, -0.2) is 0 Å². The average Bonchev–Trinajstić information content (AvgIpc) is 2.44. The summed E-state index contributed by atoms with van der Waals surface area (Å²) >= 11 is 0. The van der Waals surface area contributed by atoms with Gasteiger partial charge in [0.2, 0.25) is 0 Å². The van der Waals surface area contributed by atoms with E-state index in [1.165, 1.54) is 58.2 Å². The fourth-order valence-corrected chi connectivity index (χ4v) is 3.25. The third-order valence-corrected chi connectivity index (χ3v) is 5.67. The summed E-state index contributed by atoms with van der Waals surface area (Å²) in [4.78, 5) is 2.63. The van der Waals surface area contributed by atoms with Gasteiger partial charge in [0, 0.05) is 5.41 Å². The fourth-order valence-electron chi connectivity index (χ4n) is 3.25. The van der Waals surface area contributed by atoms with Crippen molar-refractivity contribution in [1.82, 2.24) is 4.90 Å². The van der Waals surface area contributed by atoms with Crippen LogP contribution in [-0.4, -0.2) is 30.4 Å². The average molecular weight is 281 g/mol. The molecule has 0 amide bonds. The van der Waals surface area contributed by atoms with Gasteiger partial charge in [-0.05, 0) is 50.7 Å². The van der Waals surface area contributed by atoms with Crippen LogP contribution < -0.4 is 5.73 Å². The molecule has 0 atom stereocenters. The number of unbranched alkanes of at least 4 members (excludes halogenated alkanes) is 1. The van der Waals surface area contributed by atoms with Gasteiger partial charge in [-0.2, -0.15) is 0 Å². The van der Waals surface area contributed by atoms with Crippen LogP contribution in [0.1, 0.15) is 72.6 Å². The van der Waals surface area contributed by atoms with Crippen LogP contribution in [-0.2, 0) is 0 Å². The third kappa shape index (κ3) is 4.76. The van der Waals surface area contributed by atoms with Crippen LogP contribution in [0.5, 0.6) is 0 Å². The van der Waals surface area contributed by atoms with Crippen molar-refractivity contribution in [2.45, 2.75) is 72.6 Å². The zero-order valence-electron chi connectivity index (χ0n) is 14.1. The van der Waals surface area contributed by atoms with E-state index in [0.29, 0.717) is 11.3 Å². The molecule has 0 aromatic heterocycles. The summed E-state index contributed by atoms with van der Waals surface area (Å²) in [6, 6.07) is 0. The topological polar surface area (TPSA) is 53.1 Å². The van der Waals surface area contributed by atoms with E-state index >= 15 is 0 Å². The highest BCUT2D eigenvalue weighted by atomic mass is 15.1. The van der Waals surface area contributed by atoms with Crippen molar-refractivity contribution in [2.75, 3.05) is 19.6 Å². The number of likely N-dealkylation sites (tertiary alicyclic amines) is 1. The summed E-state index contributed by atoms with van der Waals surface area (Å²) in [5.74, 6) is 0.325. The largest absolute Gasteiger partial charge is 0.387 e. The van der Waals surface area contributed by atoms with E-state index in [2.05, 4.69) is 32.6 Å². The first-order valence-electron chi connectivity index (χ1n) is 8.42. The lowest BCUT2D eigenvalue weighted by Crippen LogP contribution is -2.40. The van der Waals surface area contributed by atoms with Gasteiger partial charge in [-0.1, -0.05) is 47.0 Å². The Labute approximate surface area is 125 Å². The molecule has 0 saturated carbocycles. The molecule has 1 aliphatic rings. The van der Waals surface area contributed by atoms with E-state index in [-0.39, 0.29) is 5.41 Å². The van der Waals surface area contributed by atoms with E-state index in [9.17, 15) is 0 Å². The molecule has 0 radical (unpaired) electrons. The Morgan fingerprint density at radius 2 is 1.70 bits per heavy atom. The van der Waals surface area contributed by atoms with E-state index in [1.54, 1.807) is 0 Å². The second-order valence-electron chi connectivity index (χ2n) is 7.30. The number of piperidine rings is 1. The predicted molar refractivity (Wildman–Crippen MR) is 88.2 cm³/mol. The maximum atomic E-state index is 7.58. The molecule has 0 aliphatic carbocycles. The number of nitrogens with zero attached hydrogens (tertiary/aromatic N) is 1. The first kappa shape index (κ1) is 17.5. The molecule has 1 heterocycles. The van der Waals surface area contributed by atoms with Crippen LogP contribution in [0.15, 0.2) is 0 Å². The predicted octanol–water partition coefficient (Wildman–Crippen LogP) is 4.02. The summed E-state index contributed by atoms with van der Waals surface area (Å²) in [5.41, 5.74) is 6.14. The lowest BCUT2D eigenvalue weighted by Gasteiger charge is -2.41. The van der Waals surface area contributed by atoms with Crippen molar-refractivity contribution in [3.05, 3.63) is 0 Å². The Morgan fingerprint density at radius 3 is 2.15 bits per heavy atom. The molecule has 3 heteroatoms. The zero-order chi connectivity index (χ0) is 15.2. The molecule has 0 spiro atoms. The second-order valence-corrected chi connectivity index (χ2v) is 7.30. The summed E-state index contributed by atoms with van der Waals surface area (Å²) in [6.45, 7) is 12.6. The molecule has 1 fully saturated rings. The van der Waals surface area contributed by atoms with Crippen LogP contribution in [0.4, 0.5) is 0 Å². The van der Waals surface area contributed by atoms with Gasteiger partial charge < -0.3 is 10.6 Å². The van der Waals surface area contributed by atoms with Crippen molar-refractivity contribution in [2.24, 2.45) is 16.6 Å². The Bertz CT molecular complexity index is 295. The van der Waals surface area contributed by atoms with Gasteiger partial charge in [0.25, 0.3) is 0 Å². The van der Waals surface area contributed by atoms with Crippen LogP contribution >= 0.6 is 0 Å². The summed E-state index contributed by atoms with van der Waals surface area (Å²) in [7, 11) is 0. The van der Waals surface area contributed by atoms with Crippen molar-refractivity contribution in [1.29, 1.82) is 5.41 Å². The fraction of sp³-hybridized carbons (Fsp3) is 0.941. The van der Waals surface area contributed by atoms with Crippen molar-refractivity contribution in [3.8, 4) is 0 Å². The minimum atomic E-state index is -0.124. The molecule has 20 heavy (non-hydrogen) atoms. The van der Waals surface area contributed by atoms with E-state index < -0.39 is 0 Å². The quantitative estimate of drug-likeness (QED) is 0.401. The molecule has 0 bridgehead atoms. The van der Waals surface area contributed by atoms with Gasteiger partial charge in [-0.15, -0.1) is 0 Å². The number of hydrogen-bond acceptors (Lipinski definition) is 2. The Kier molecular flexibility index (Phi) is 6.50. The minimum absolute atomic E-state index is 0.124. The zero-order valence-corrected chi connectivity index (χ0v) is 14.1. The van der Waals surface area contributed by atoms with Crippen molar-refractivity contribution in [3.63, 3.8) is 0 Å². The van der Waals surface area contributed by atoms with Crippen LogP contribution in [0, 0.1) is 16.2 Å². The number of nitrogens with two attached hydrogens (primary N) is 1. The normalized spacial score (nSPS) is 20.0. The van der Waals surface area contributed by atoms with Crippen LogP contribution in [0.25, 0.3) is 0 Å². The highest BCUT2D eigenvalue weighted by Crippen LogP contribution is 2.37. The molecule has 0 aromatic carbocycles. The van der Waals surface area contributed by atoms with Crippen molar-refractivity contribution >= 4 is 5.84 Å². The number of amidine groups is 1. The van der Waals surface area contributed by atoms with Gasteiger partial charge in [0.15, 0.2) is 0 Å². The molecule has 0 aromatic rings. The van der Waals surface area contributed by atoms with Gasteiger partial charge in [-0.3, -0.25) is 5.41 Å². The first-order valence-corrected chi connectivity index (χ1v) is 8.42. The SMILES string of the molecule is CCC1(CC)CCN(CCCCC(C)(C)C(=N)N)CC1. The molecule has 0 unspecified atom stereocenters. The Hall–Kier alpha value is -0.570. The van der Waals surface area contributed by atoms with Crippen LogP contribution in [0.3, 0.4) is 0 Å². The third-order valence-electron chi connectivity index (χ3n) is 5.67. The van der Waals surface area contributed by atoms with Gasteiger partial charge >= 0.3 is 0 Å². The first-order chi connectivity index (χ1) is 9.35. The minimum Gasteiger partial charge on any atom is -0.387 e. The Balaban J connectivity index is 2.21. The van der Waals surface area contributed by atoms with E-state index in [4.69, 9.17) is 11.1 Å². The maximum Gasteiger partial charge on any atom is 0.0963 e. The second kappa shape index (κ2) is 7.44. The molecule has 1 rings (SSSR count). The lowest BCUT2D eigenvalue weighted by atomic mass is 9.74. The Morgan fingerprint density at radius 1 is 1.15 bits per heavy atom. The molecule has 1 saturated heterocycles. The standard InChI is InChI=1S/C17H35N3/c1-5-17(6-2)10-13-20(14-11-17)12-8-7-9-16(3,4)15(18)19/h5-14H2,1-4H3,(H3,18,19). The molecule has 118 valence electrons. The van der Waals surface area contributed by atoms with Crippen LogP contribution in [0.2, 0.25) is 0 Å². The van der Waals surface area contributed by atoms with E-state index in [1.807, 2.05) is 0 Å². The molecule has 3 N–H and O–H groups in total. The number of rotatable bonds is 8.